The van der Waals surface area contributed by atoms with E-state index in [1.165, 1.54) is 0 Å². The molecule has 0 aliphatic carbocycles. The summed E-state index contributed by atoms with van der Waals surface area (Å²) in [6.45, 7) is 2.66. The molecule has 0 saturated carbocycles. The number of nitrogens with one attached hydrogen (secondary N) is 1. The molecule has 2 rings (SSSR count). The fourth-order valence-corrected chi connectivity index (χ4v) is 2.25. The van der Waals surface area contributed by atoms with Crippen molar-refractivity contribution in [3.8, 4) is 0 Å². The molecule has 3 N–H and O–H groups in total. The van der Waals surface area contributed by atoms with E-state index in [2.05, 4.69) is 21.2 Å². The molecule has 1 saturated heterocycles. The summed E-state index contributed by atoms with van der Waals surface area (Å²) in [5.74, 6) is -0.147. The first kappa shape index (κ1) is 12.4. The highest BCUT2D eigenvalue weighted by Crippen LogP contribution is 2.19. The number of carbonyl (C=O) groups is 1. The number of anilines is 1. The van der Waals surface area contributed by atoms with Crippen molar-refractivity contribution in [3.05, 3.63) is 28.2 Å². The smallest absolute Gasteiger partial charge is 0.253 e. The Bertz CT molecular complexity index is 437. The van der Waals surface area contributed by atoms with Gasteiger partial charge < -0.3 is 15.8 Å². The molecular formula is C12H15BrN2O2. The van der Waals surface area contributed by atoms with Crippen LogP contribution in [0.1, 0.15) is 23.7 Å². The molecule has 1 heterocycles. The lowest BCUT2D eigenvalue weighted by Crippen LogP contribution is -2.39. The molecule has 1 aliphatic rings. The third-order valence-electron chi connectivity index (χ3n) is 2.95. The van der Waals surface area contributed by atoms with Crippen molar-refractivity contribution in [1.29, 1.82) is 0 Å². The molecule has 4 nitrogen and oxygen atoms in total. The predicted octanol–water partition coefficient (Wildman–Crippen LogP) is 1.94. The maximum Gasteiger partial charge on any atom is 0.253 e. The maximum atomic E-state index is 12.1. The number of nitrogen functional groups attached to an aromatic ring is 1. The zero-order chi connectivity index (χ0) is 12.4. The van der Waals surface area contributed by atoms with E-state index < -0.39 is 0 Å². The van der Waals surface area contributed by atoms with Gasteiger partial charge in [-0.3, -0.25) is 4.79 Å². The van der Waals surface area contributed by atoms with Gasteiger partial charge in [-0.2, -0.15) is 0 Å². The lowest BCUT2D eigenvalue weighted by molar-refractivity contribution is 0.0867. The van der Waals surface area contributed by atoms with Crippen molar-refractivity contribution in [2.45, 2.75) is 25.5 Å². The van der Waals surface area contributed by atoms with Gasteiger partial charge in [0.1, 0.15) is 0 Å². The highest BCUT2D eigenvalue weighted by atomic mass is 79.9. The van der Waals surface area contributed by atoms with E-state index in [0.29, 0.717) is 17.9 Å². The van der Waals surface area contributed by atoms with Crippen molar-refractivity contribution in [2.75, 3.05) is 12.3 Å². The van der Waals surface area contributed by atoms with Gasteiger partial charge in [0.25, 0.3) is 5.91 Å². The maximum absolute atomic E-state index is 12.1. The van der Waals surface area contributed by atoms with Crippen LogP contribution in [-0.2, 0) is 4.74 Å². The van der Waals surface area contributed by atoms with Gasteiger partial charge in [-0.1, -0.05) is 15.9 Å². The van der Waals surface area contributed by atoms with Crippen molar-refractivity contribution >= 4 is 27.5 Å². The monoisotopic (exact) mass is 298 g/mol. The molecule has 1 aliphatic heterocycles. The SMILES string of the molecule is CC1OCCC1NC(=O)c1cc(Br)ccc1N. The van der Waals surface area contributed by atoms with Crippen molar-refractivity contribution < 1.29 is 9.53 Å². The summed E-state index contributed by atoms with van der Waals surface area (Å²) < 4.78 is 6.24. The Morgan fingerprint density at radius 1 is 1.59 bits per heavy atom. The highest BCUT2D eigenvalue weighted by Gasteiger charge is 2.26. The van der Waals surface area contributed by atoms with Crippen LogP contribution in [-0.4, -0.2) is 24.7 Å². The van der Waals surface area contributed by atoms with Crippen LogP contribution in [0.2, 0.25) is 0 Å². The zero-order valence-electron chi connectivity index (χ0n) is 9.57. The second-order valence-corrected chi connectivity index (χ2v) is 5.09. The number of carbonyl (C=O) groups excluding carboxylic acids is 1. The van der Waals surface area contributed by atoms with Gasteiger partial charge in [0.2, 0.25) is 0 Å². The molecule has 1 fully saturated rings. The zero-order valence-corrected chi connectivity index (χ0v) is 11.2. The minimum Gasteiger partial charge on any atom is -0.398 e. The van der Waals surface area contributed by atoms with E-state index in [4.69, 9.17) is 10.5 Å². The second kappa shape index (κ2) is 5.06. The molecule has 1 aromatic rings. The van der Waals surface area contributed by atoms with Gasteiger partial charge in [0.05, 0.1) is 17.7 Å². The Morgan fingerprint density at radius 2 is 2.35 bits per heavy atom. The molecule has 0 spiro atoms. The standard InChI is InChI=1S/C12H15BrN2O2/c1-7-11(4-5-17-7)15-12(16)9-6-8(13)2-3-10(9)14/h2-3,6-7,11H,4-5,14H2,1H3,(H,15,16). The fourth-order valence-electron chi connectivity index (χ4n) is 1.89. The molecule has 1 amide bonds. The van der Waals surface area contributed by atoms with E-state index in [1.54, 1.807) is 12.1 Å². The Kier molecular flexibility index (Phi) is 3.69. The lowest BCUT2D eigenvalue weighted by atomic mass is 10.1. The summed E-state index contributed by atoms with van der Waals surface area (Å²) in [5, 5.41) is 2.95. The van der Waals surface area contributed by atoms with Gasteiger partial charge >= 0.3 is 0 Å². The third kappa shape index (κ3) is 2.79. The number of amides is 1. The van der Waals surface area contributed by atoms with Gasteiger partial charge in [-0.15, -0.1) is 0 Å². The normalized spacial score (nSPS) is 23.6. The molecular weight excluding hydrogens is 284 g/mol. The van der Waals surface area contributed by atoms with Crippen molar-refractivity contribution in [3.63, 3.8) is 0 Å². The summed E-state index contributed by atoms with van der Waals surface area (Å²) in [6.07, 6.45) is 0.910. The van der Waals surface area contributed by atoms with Gasteiger partial charge in [-0.25, -0.2) is 0 Å². The minimum absolute atomic E-state index is 0.0623. The molecule has 5 heteroatoms. The van der Waals surface area contributed by atoms with Gasteiger partial charge in [0.15, 0.2) is 0 Å². The molecule has 0 aromatic heterocycles. The molecule has 2 unspecified atom stereocenters. The molecule has 1 aromatic carbocycles. The molecule has 92 valence electrons. The van der Waals surface area contributed by atoms with Crippen LogP contribution >= 0.6 is 15.9 Å². The first-order valence-corrected chi connectivity index (χ1v) is 6.34. The number of ether oxygens (including phenoxy) is 1. The summed E-state index contributed by atoms with van der Waals surface area (Å²) in [5.41, 5.74) is 6.77. The lowest BCUT2D eigenvalue weighted by Gasteiger charge is -2.16. The first-order valence-electron chi connectivity index (χ1n) is 5.55. The van der Waals surface area contributed by atoms with Gasteiger partial charge in [-0.05, 0) is 31.5 Å². The second-order valence-electron chi connectivity index (χ2n) is 4.18. The minimum atomic E-state index is -0.147. The Balaban J connectivity index is 2.11. The topological polar surface area (TPSA) is 64.3 Å². The molecule has 0 bridgehead atoms. The van der Waals surface area contributed by atoms with Crippen LogP contribution < -0.4 is 11.1 Å². The van der Waals surface area contributed by atoms with E-state index in [1.807, 2.05) is 13.0 Å². The van der Waals surface area contributed by atoms with Crippen LogP contribution in [0.5, 0.6) is 0 Å². The quantitative estimate of drug-likeness (QED) is 0.820. The summed E-state index contributed by atoms with van der Waals surface area (Å²) in [4.78, 5) is 12.1. The average molecular weight is 299 g/mol. The van der Waals surface area contributed by atoms with E-state index in [9.17, 15) is 4.79 Å². The van der Waals surface area contributed by atoms with Crippen LogP contribution in [0.3, 0.4) is 0 Å². The summed E-state index contributed by atoms with van der Waals surface area (Å²) >= 11 is 3.33. The Labute approximate surface area is 109 Å². The first-order chi connectivity index (χ1) is 8.08. The van der Waals surface area contributed by atoms with E-state index in [-0.39, 0.29) is 18.1 Å². The third-order valence-corrected chi connectivity index (χ3v) is 3.45. The van der Waals surface area contributed by atoms with Crippen LogP contribution in [0.15, 0.2) is 22.7 Å². The Hall–Kier alpha value is -1.07. The number of hydrogen-bond donors (Lipinski definition) is 2. The number of hydrogen-bond acceptors (Lipinski definition) is 3. The number of halogens is 1. The summed E-state index contributed by atoms with van der Waals surface area (Å²) in [7, 11) is 0. The van der Waals surface area contributed by atoms with Crippen LogP contribution in [0.4, 0.5) is 5.69 Å². The van der Waals surface area contributed by atoms with Crippen molar-refractivity contribution in [1.82, 2.24) is 5.32 Å². The highest BCUT2D eigenvalue weighted by molar-refractivity contribution is 9.10. The van der Waals surface area contributed by atoms with E-state index >= 15 is 0 Å². The molecule has 2 atom stereocenters. The predicted molar refractivity (Wildman–Crippen MR) is 69.8 cm³/mol. The number of benzene rings is 1. The van der Waals surface area contributed by atoms with E-state index in [0.717, 1.165) is 10.9 Å². The largest absolute Gasteiger partial charge is 0.398 e. The summed E-state index contributed by atoms with van der Waals surface area (Å²) in [6, 6.07) is 5.33. The average Bonchev–Trinajstić information content (AvgIpc) is 2.68. The fraction of sp³-hybridized carbons (Fsp3) is 0.417. The Morgan fingerprint density at radius 3 is 3.00 bits per heavy atom. The van der Waals surface area contributed by atoms with Crippen molar-refractivity contribution in [2.24, 2.45) is 0 Å². The number of nitrogens with two attached hydrogens (primary N) is 1. The van der Waals surface area contributed by atoms with Crippen LogP contribution in [0, 0.1) is 0 Å². The molecule has 0 radical (unpaired) electrons. The van der Waals surface area contributed by atoms with Crippen LogP contribution in [0.25, 0.3) is 0 Å². The molecule has 17 heavy (non-hydrogen) atoms. The number of rotatable bonds is 2. The van der Waals surface area contributed by atoms with Gasteiger partial charge in [0, 0.05) is 16.8 Å².